The highest BCUT2D eigenvalue weighted by molar-refractivity contribution is 5.80. The summed E-state index contributed by atoms with van der Waals surface area (Å²) in [6.45, 7) is 11.4. The first-order valence-corrected chi connectivity index (χ1v) is 10.7. The van der Waals surface area contributed by atoms with Crippen LogP contribution < -0.4 is 10.6 Å². The molecule has 2 N–H and O–H groups in total. The highest BCUT2D eigenvalue weighted by Gasteiger charge is 2.20. The van der Waals surface area contributed by atoms with E-state index in [2.05, 4.69) is 36.3 Å². The van der Waals surface area contributed by atoms with Crippen LogP contribution in [0, 0.1) is 5.82 Å². The normalized spacial score (nSPS) is 17.5. The number of nitrogens with zero attached hydrogens (tertiary/aromatic N) is 2. The van der Waals surface area contributed by atoms with E-state index < -0.39 is 0 Å². The van der Waals surface area contributed by atoms with Gasteiger partial charge in [0, 0.05) is 39.3 Å². The van der Waals surface area contributed by atoms with E-state index in [1.165, 1.54) is 12.1 Å². The zero-order valence-electron chi connectivity index (χ0n) is 18.3. The van der Waals surface area contributed by atoms with Gasteiger partial charge in [-0.05, 0) is 51.3 Å². The number of hydrogen-bond acceptors (Lipinski definition) is 4. The molecule has 164 valence electrons. The van der Waals surface area contributed by atoms with E-state index in [1.54, 1.807) is 19.2 Å². The Labute approximate surface area is 174 Å². The molecule has 0 spiro atoms. The van der Waals surface area contributed by atoms with Gasteiger partial charge >= 0.3 is 0 Å². The molecule has 0 bridgehead atoms. The third-order valence-corrected chi connectivity index (χ3v) is 5.07. The summed E-state index contributed by atoms with van der Waals surface area (Å²) < 4.78 is 24.4. The molecular formula is C22H37FN4O2. The Morgan fingerprint density at radius 2 is 1.93 bits per heavy atom. The fraction of sp³-hybridized carbons (Fsp3) is 0.682. The van der Waals surface area contributed by atoms with Crippen LogP contribution in [0.2, 0.25) is 0 Å². The van der Waals surface area contributed by atoms with Gasteiger partial charge in [-0.25, -0.2) is 4.39 Å². The van der Waals surface area contributed by atoms with Crippen LogP contribution in [0.15, 0.2) is 29.3 Å². The van der Waals surface area contributed by atoms with Crippen molar-refractivity contribution in [3.8, 4) is 0 Å². The van der Waals surface area contributed by atoms with Gasteiger partial charge in [-0.2, -0.15) is 0 Å². The molecule has 1 aromatic rings. The van der Waals surface area contributed by atoms with Crippen molar-refractivity contribution in [3.63, 3.8) is 0 Å². The molecule has 1 unspecified atom stereocenters. The van der Waals surface area contributed by atoms with Crippen LogP contribution in [0.5, 0.6) is 0 Å². The van der Waals surface area contributed by atoms with Crippen molar-refractivity contribution in [1.29, 1.82) is 0 Å². The number of ether oxygens (including phenoxy) is 2. The Balaban J connectivity index is 1.83. The second-order valence-electron chi connectivity index (χ2n) is 7.68. The molecule has 1 aromatic carbocycles. The number of piperidine rings is 1. The lowest BCUT2D eigenvalue weighted by molar-refractivity contribution is 0.0532. The number of likely N-dealkylation sites (tertiary alicyclic amines) is 1. The first-order chi connectivity index (χ1) is 14.0. The van der Waals surface area contributed by atoms with Gasteiger partial charge in [-0.3, -0.25) is 4.99 Å². The molecule has 0 aromatic heterocycles. The van der Waals surface area contributed by atoms with Gasteiger partial charge in [-0.15, -0.1) is 0 Å². The largest absolute Gasteiger partial charge is 0.377 e. The lowest BCUT2D eigenvalue weighted by atomic mass is 10.1. The van der Waals surface area contributed by atoms with Crippen molar-refractivity contribution in [2.75, 3.05) is 46.4 Å². The molecule has 0 amide bonds. The lowest BCUT2D eigenvalue weighted by Crippen LogP contribution is -2.49. The molecule has 0 aliphatic carbocycles. The van der Waals surface area contributed by atoms with Crippen LogP contribution in [-0.4, -0.2) is 69.4 Å². The maximum Gasteiger partial charge on any atom is 0.191 e. The summed E-state index contributed by atoms with van der Waals surface area (Å²) in [6, 6.07) is 6.81. The zero-order valence-corrected chi connectivity index (χ0v) is 18.3. The van der Waals surface area contributed by atoms with E-state index in [9.17, 15) is 4.39 Å². The van der Waals surface area contributed by atoms with Gasteiger partial charge in [0.1, 0.15) is 11.9 Å². The van der Waals surface area contributed by atoms with Crippen molar-refractivity contribution < 1.29 is 13.9 Å². The van der Waals surface area contributed by atoms with Gasteiger partial charge < -0.3 is 25.0 Å². The van der Waals surface area contributed by atoms with Gasteiger partial charge in [-0.1, -0.05) is 12.1 Å². The quantitative estimate of drug-likeness (QED) is 0.460. The summed E-state index contributed by atoms with van der Waals surface area (Å²) in [5.41, 5.74) is 0.922. The highest BCUT2D eigenvalue weighted by Crippen LogP contribution is 2.17. The predicted octanol–water partition coefficient (Wildman–Crippen LogP) is 2.96. The average molecular weight is 409 g/mol. The van der Waals surface area contributed by atoms with Crippen molar-refractivity contribution in [2.24, 2.45) is 4.99 Å². The zero-order chi connectivity index (χ0) is 21.1. The van der Waals surface area contributed by atoms with Crippen molar-refractivity contribution in [1.82, 2.24) is 15.5 Å². The minimum absolute atomic E-state index is 0.200. The Morgan fingerprint density at radius 1 is 1.24 bits per heavy atom. The van der Waals surface area contributed by atoms with Crippen LogP contribution in [0.4, 0.5) is 4.39 Å². The molecule has 1 atom stereocenters. The smallest absolute Gasteiger partial charge is 0.191 e. The van der Waals surface area contributed by atoms with Gasteiger partial charge in [0.2, 0.25) is 0 Å². The molecular weight excluding hydrogens is 371 g/mol. The molecule has 29 heavy (non-hydrogen) atoms. The van der Waals surface area contributed by atoms with Crippen molar-refractivity contribution in [3.05, 3.63) is 35.6 Å². The number of rotatable bonds is 10. The minimum Gasteiger partial charge on any atom is -0.377 e. The Kier molecular flexibility index (Phi) is 10.4. The third kappa shape index (κ3) is 8.68. The molecule has 1 heterocycles. The molecule has 0 saturated carbocycles. The number of methoxy groups -OCH3 is 1. The average Bonchev–Trinajstić information content (AvgIpc) is 2.71. The standard InChI is InChI=1S/C22H37FN4O2/c1-5-24-22(25-16-21(28-4)18-6-8-19(23)9-7-18)26-20-10-12-27(13-11-20)14-15-29-17(2)3/h6-9,17,20-21H,5,10-16H2,1-4H3,(H2,24,25,26). The molecule has 2 rings (SSSR count). The Hall–Kier alpha value is -1.70. The summed E-state index contributed by atoms with van der Waals surface area (Å²) in [5, 5.41) is 6.87. The molecule has 7 heteroatoms. The van der Waals surface area contributed by atoms with Crippen LogP contribution in [-0.2, 0) is 9.47 Å². The van der Waals surface area contributed by atoms with Gasteiger partial charge in [0.05, 0.1) is 19.3 Å². The molecule has 6 nitrogen and oxygen atoms in total. The van der Waals surface area contributed by atoms with E-state index in [4.69, 9.17) is 14.5 Å². The van der Waals surface area contributed by atoms with E-state index in [1.807, 2.05) is 0 Å². The maximum absolute atomic E-state index is 13.2. The molecule has 1 aliphatic heterocycles. The summed E-state index contributed by atoms with van der Waals surface area (Å²) in [6.07, 6.45) is 2.25. The lowest BCUT2D eigenvalue weighted by Gasteiger charge is -2.33. The summed E-state index contributed by atoms with van der Waals surface area (Å²) in [4.78, 5) is 7.17. The topological polar surface area (TPSA) is 58.1 Å². The number of aliphatic imine (C=N–C) groups is 1. The summed E-state index contributed by atoms with van der Waals surface area (Å²) in [7, 11) is 1.66. The summed E-state index contributed by atoms with van der Waals surface area (Å²) >= 11 is 0. The van der Waals surface area contributed by atoms with Crippen LogP contribution >= 0.6 is 0 Å². The molecule has 1 fully saturated rings. The fourth-order valence-corrected chi connectivity index (χ4v) is 3.40. The number of benzene rings is 1. The first-order valence-electron chi connectivity index (χ1n) is 10.7. The molecule has 1 aliphatic rings. The Morgan fingerprint density at radius 3 is 2.52 bits per heavy atom. The van der Waals surface area contributed by atoms with Crippen molar-refractivity contribution in [2.45, 2.75) is 51.9 Å². The monoisotopic (exact) mass is 408 g/mol. The number of hydrogen-bond donors (Lipinski definition) is 2. The minimum atomic E-state index is -0.246. The second-order valence-corrected chi connectivity index (χ2v) is 7.68. The SMILES string of the molecule is CCNC(=NCC(OC)c1ccc(F)cc1)NC1CCN(CCOC(C)C)CC1. The summed E-state index contributed by atoms with van der Waals surface area (Å²) in [5.74, 6) is 0.558. The van der Waals surface area contributed by atoms with Crippen LogP contribution in [0.25, 0.3) is 0 Å². The van der Waals surface area contributed by atoms with E-state index >= 15 is 0 Å². The predicted molar refractivity (Wildman–Crippen MR) is 116 cm³/mol. The fourth-order valence-electron chi connectivity index (χ4n) is 3.40. The molecule has 1 saturated heterocycles. The number of guanidine groups is 1. The van der Waals surface area contributed by atoms with Gasteiger partial charge in [0.15, 0.2) is 5.96 Å². The number of nitrogens with one attached hydrogen (secondary N) is 2. The second kappa shape index (κ2) is 12.8. The Bertz CT molecular complexity index is 601. The third-order valence-electron chi connectivity index (χ3n) is 5.07. The van der Waals surface area contributed by atoms with E-state index in [0.717, 1.165) is 57.2 Å². The van der Waals surface area contributed by atoms with E-state index in [-0.39, 0.29) is 11.9 Å². The van der Waals surface area contributed by atoms with Crippen LogP contribution in [0.1, 0.15) is 45.3 Å². The maximum atomic E-state index is 13.2. The van der Waals surface area contributed by atoms with Crippen molar-refractivity contribution >= 4 is 5.96 Å². The van der Waals surface area contributed by atoms with E-state index in [0.29, 0.717) is 18.7 Å². The van der Waals surface area contributed by atoms with Crippen LogP contribution in [0.3, 0.4) is 0 Å². The number of halogens is 1. The first kappa shape index (κ1) is 23.6. The van der Waals surface area contributed by atoms with Gasteiger partial charge in [0.25, 0.3) is 0 Å². The molecule has 0 radical (unpaired) electrons. The highest BCUT2D eigenvalue weighted by atomic mass is 19.1.